The number of hydrogen-bond donors (Lipinski definition) is 0. The zero-order valence-corrected chi connectivity index (χ0v) is 12.4. The van der Waals surface area contributed by atoms with Gasteiger partial charge in [0.25, 0.3) is 0 Å². The molecule has 0 N–H and O–H groups in total. The van der Waals surface area contributed by atoms with E-state index in [-0.39, 0.29) is 0 Å². The van der Waals surface area contributed by atoms with Crippen molar-refractivity contribution in [2.75, 3.05) is 0 Å². The van der Waals surface area contributed by atoms with E-state index in [1.807, 2.05) is 0 Å². The normalized spacial score (nSPS) is 15.6. The summed E-state index contributed by atoms with van der Waals surface area (Å²) in [5, 5.41) is 1.12. The Morgan fingerprint density at radius 3 is 3.00 bits per heavy atom. The van der Waals surface area contributed by atoms with Gasteiger partial charge in [-0.05, 0) is 53.6 Å². The van der Waals surface area contributed by atoms with E-state index in [4.69, 9.17) is 17.2 Å². The van der Waals surface area contributed by atoms with Gasteiger partial charge in [0.1, 0.15) is 10.5 Å². The van der Waals surface area contributed by atoms with Gasteiger partial charge in [0, 0.05) is 21.9 Å². The lowest BCUT2D eigenvalue weighted by Gasteiger charge is -2.11. The number of hydrogen-bond acceptors (Lipinski definition) is 2. The average Bonchev–Trinajstić information content (AvgIpc) is 2.56. The molecule has 4 heteroatoms. The minimum Gasteiger partial charge on any atom is -0.320 e. The van der Waals surface area contributed by atoms with Crippen molar-refractivity contribution in [3.63, 3.8) is 0 Å². The smallest absolute Gasteiger partial charge is 0.116 e. The summed E-state index contributed by atoms with van der Waals surface area (Å²) in [5.41, 5.74) is 1.04. The number of fused-ring (bicyclic) bond motifs is 2. The molecule has 0 saturated carbocycles. The van der Waals surface area contributed by atoms with E-state index in [1.165, 1.54) is 28.7 Å². The second kappa shape index (κ2) is 4.65. The lowest BCUT2D eigenvalue weighted by atomic mass is 10.2. The molecule has 1 aromatic carbocycles. The molecule has 0 unspecified atom stereocenters. The van der Waals surface area contributed by atoms with Crippen molar-refractivity contribution in [1.29, 1.82) is 0 Å². The Morgan fingerprint density at radius 2 is 2.12 bits per heavy atom. The molecule has 2 aromatic rings. The van der Waals surface area contributed by atoms with E-state index >= 15 is 0 Å². The van der Waals surface area contributed by atoms with Crippen LogP contribution in [0.15, 0.2) is 18.2 Å². The topological polar surface area (TPSA) is 17.8 Å². The van der Waals surface area contributed by atoms with Gasteiger partial charge in [-0.25, -0.2) is 4.98 Å². The first kappa shape index (κ1) is 11.6. The fourth-order valence-electron chi connectivity index (χ4n) is 2.39. The first-order valence-electron chi connectivity index (χ1n) is 5.95. The van der Waals surface area contributed by atoms with Gasteiger partial charge in [0.15, 0.2) is 0 Å². The van der Waals surface area contributed by atoms with Gasteiger partial charge in [-0.15, -0.1) is 0 Å². The van der Waals surface area contributed by atoms with Crippen molar-refractivity contribution in [3.8, 4) is 0 Å². The SMILES string of the molecule is S=c1c2cc(I)ccc2nc2n1CCCCC2. The van der Waals surface area contributed by atoms with Gasteiger partial charge in [-0.1, -0.05) is 18.6 Å². The molecule has 0 radical (unpaired) electrons. The summed E-state index contributed by atoms with van der Waals surface area (Å²) < 4.78 is 4.42. The molecule has 0 aliphatic carbocycles. The van der Waals surface area contributed by atoms with Crippen LogP contribution in [0.3, 0.4) is 0 Å². The first-order valence-corrected chi connectivity index (χ1v) is 7.43. The van der Waals surface area contributed by atoms with Crippen LogP contribution in [0.25, 0.3) is 10.9 Å². The molecule has 1 aliphatic heterocycles. The Labute approximate surface area is 119 Å². The van der Waals surface area contributed by atoms with Crippen LogP contribution in [-0.2, 0) is 13.0 Å². The Kier molecular flexibility index (Phi) is 3.17. The lowest BCUT2D eigenvalue weighted by molar-refractivity contribution is 0.623. The Bertz CT molecular complexity index is 633. The Morgan fingerprint density at radius 1 is 1.24 bits per heavy atom. The van der Waals surface area contributed by atoms with E-state index in [1.54, 1.807) is 0 Å². The summed E-state index contributed by atoms with van der Waals surface area (Å²) >= 11 is 7.94. The van der Waals surface area contributed by atoms with Crippen LogP contribution in [-0.4, -0.2) is 9.55 Å². The summed E-state index contributed by atoms with van der Waals surface area (Å²) in [4.78, 5) is 4.77. The van der Waals surface area contributed by atoms with Crippen LogP contribution < -0.4 is 0 Å². The molecule has 17 heavy (non-hydrogen) atoms. The van der Waals surface area contributed by atoms with Crippen LogP contribution in [0.2, 0.25) is 0 Å². The largest absolute Gasteiger partial charge is 0.320 e. The monoisotopic (exact) mass is 356 g/mol. The second-order valence-electron chi connectivity index (χ2n) is 4.46. The molecule has 88 valence electrons. The number of nitrogens with zero attached hydrogens (tertiary/aromatic N) is 2. The number of aromatic nitrogens is 2. The van der Waals surface area contributed by atoms with Gasteiger partial charge in [-0.3, -0.25) is 0 Å². The van der Waals surface area contributed by atoms with Crippen molar-refractivity contribution in [3.05, 3.63) is 32.2 Å². The van der Waals surface area contributed by atoms with E-state index in [2.05, 4.69) is 45.4 Å². The predicted molar refractivity (Wildman–Crippen MR) is 80.8 cm³/mol. The number of halogens is 1. The third-order valence-corrected chi connectivity index (χ3v) is 4.39. The molecule has 1 aliphatic rings. The van der Waals surface area contributed by atoms with Crippen LogP contribution in [0.4, 0.5) is 0 Å². The lowest BCUT2D eigenvalue weighted by Crippen LogP contribution is -2.08. The van der Waals surface area contributed by atoms with Gasteiger partial charge >= 0.3 is 0 Å². The molecule has 0 saturated heterocycles. The number of benzene rings is 1. The molecule has 1 aromatic heterocycles. The average molecular weight is 356 g/mol. The molecule has 0 bridgehead atoms. The molecule has 0 amide bonds. The molecule has 2 heterocycles. The van der Waals surface area contributed by atoms with E-state index < -0.39 is 0 Å². The highest BCUT2D eigenvalue weighted by atomic mass is 127. The van der Waals surface area contributed by atoms with Crippen molar-refractivity contribution in [2.24, 2.45) is 0 Å². The molecular weight excluding hydrogens is 343 g/mol. The number of aryl methyl sites for hydroxylation is 1. The van der Waals surface area contributed by atoms with Crippen molar-refractivity contribution < 1.29 is 0 Å². The fraction of sp³-hybridized carbons (Fsp3) is 0.385. The van der Waals surface area contributed by atoms with Gasteiger partial charge in [0.05, 0.1) is 5.52 Å². The van der Waals surface area contributed by atoms with E-state index in [0.717, 1.165) is 28.5 Å². The van der Waals surface area contributed by atoms with Crippen LogP contribution >= 0.6 is 34.8 Å². The minimum atomic E-state index is 0.963. The highest BCUT2D eigenvalue weighted by Crippen LogP contribution is 2.21. The van der Waals surface area contributed by atoms with Crippen LogP contribution in [0.5, 0.6) is 0 Å². The molecule has 0 spiro atoms. The molecule has 2 nitrogen and oxygen atoms in total. The summed E-state index contributed by atoms with van der Waals surface area (Å²) in [6, 6.07) is 6.32. The summed E-state index contributed by atoms with van der Waals surface area (Å²) in [7, 11) is 0. The third-order valence-electron chi connectivity index (χ3n) is 3.28. The maximum Gasteiger partial charge on any atom is 0.116 e. The summed E-state index contributed by atoms with van der Waals surface area (Å²) in [6.45, 7) is 1.03. The quantitative estimate of drug-likeness (QED) is 0.523. The molecule has 0 fully saturated rings. The van der Waals surface area contributed by atoms with Crippen LogP contribution in [0.1, 0.15) is 25.1 Å². The maximum atomic E-state index is 5.62. The Hall–Kier alpha value is -0.490. The summed E-state index contributed by atoms with van der Waals surface area (Å²) in [5.74, 6) is 1.17. The first-order chi connectivity index (χ1) is 8.25. The molecule has 3 rings (SSSR count). The van der Waals surface area contributed by atoms with E-state index in [9.17, 15) is 0 Å². The predicted octanol–water partition coefficient (Wildman–Crippen LogP) is 4.10. The highest BCUT2D eigenvalue weighted by Gasteiger charge is 2.11. The van der Waals surface area contributed by atoms with Crippen molar-refractivity contribution in [2.45, 2.75) is 32.2 Å². The maximum absolute atomic E-state index is 5.62. The van der Waals surface area contributed by atoms with Gasteiger partial charge in [-0.2, -0.15) is 0 Å². The zero-order valence-electron chi connectivity index (χ0n) is 9.45. The highest BCUT2D eigenvalue weighted by molar-refractivity contribution is 14.1. The molecular formula is C13H13IN2S. The van der Waals surface area contributed by atoms with Gasteiger partial charge < -0.3 is 4.57 Å². The van der Waals surface area contributed by atoms with Crippen molar-refractivity contribution >= 4 is 45.7 Å². The molecule has 0 atom stereocenters. The minimum absolute atomic E-state index is 0.963. The standard InChI is InChI=1S/C13H13IN2S/c14-9-5-6-11-10(8-9)13(17)16-7-3-1-2-4-12(16)15-11/h5-6,8H,1-4,7H2. The van der Waals surface area contributed by atoms with Crippen molar-refractivity contribution in [1.82, 2.24) is 9.55 Å². The van der Waals surface area contributed by atoms with Crippen LogP contribution in [0, 0.1) is 8.21 Å². The summed E-state index contributed by atoms with van der Waals surface area (Å²) in [6.07, 6.45) is 4.80. The van der Waals surface area contributed by atoms with Gasteiger partial charge in [0.2, 0.25) is 0 Å². The Balaban J connectivity index is 2.33. The van der Waals surface area contributed by atoms with E-state index in [0.29, 0.717) is 0 Å². The third kappa shape index (κ3) is 2.12. The zero-order chi connectivity index (χ0) is 11.8. The second-order valence-corrected chi connectivity index (χ2v) is 6.09. The fourth-order valence-corrected chi connectivity index (χ4v) is 3.24. The number of rotatable bonds is 0.